The number of carbonyl (C=O) groups excluding carboxylic acids is 1. The first-order valence-electron chi connectivity index (χ1n) is 6.50. The van der Waals surface area contributed by atoms with E-state index in [2.05, 4.69) is 15.4 Å². The number of amides is 1. The Morgan fingerprint density at radius 1 is 1.38 bits per heavy atom. The minimum atomic E-state index is -0.218. The maximum atomic E-state index is 11.9. The van der Waals surface area contributed by atoms with E-state index in [0.717, 1.165) is 17.0 Å². The van der Waals surface area contributed by atoms with E-state index < -0.39 is 0 Å². The molecule has 0 aliphatic carbocycles. The molecule has 2 aromatic rings. The van der Waals surface area contributed by atoms with Crippen LogP contribution in [-0.2, 0) is 11.8 Å². The third-order valence-electron chi connectivity index (χ3n) is 3.18. The lowest BCUT2D eigenvalue weighted by Gasteiger charge is -2.02. The molecule has 6 nitrogen and oxygen atoms in total. The van der Waals surface area contributed by atoms with Crippen LogP contribution in [0.15, 0.2) is 24.4 Å². The van der Waals surface area contributed by atoms with Crippen LogP contribution in [0.2, 0.25) is 0 Å². The molecule has 0 radical (unpaired) electrons. The normalized spacial score (nSPS) is 10.9. The van der Waals surface area contributed by atoms with Gasteiger partial charge in [0.2, 0.25) is 11.8 Å². The van der Waals surface area contributed by atoms with Crippen molar-refractivity contribution < 1.29 is 9.53 Å². The zero-order valence-electron chi connectivity index (χ0n) is 12.5. The highest BCUT2D eigenvalue weighted by atomic mass is 16.5. The average molecular weight is 286 g/mol. The molecule has 0 spiro atoms. The molecule has 0 atom stereocenters. The summed E-state index contributed by atoms with van der Waals surface area (Å²) in [4.78, 5) is 15.9. The SMILES string of the molecule is COc1ccc(NC(=O)C=Cc2c(C)nn(C)c2C)cn1. The van der Waals surface area contributed by atoms with Crippen LogP contribution in [-0.4, -0.2) is 27.8 Å². The number of carbonyl (C=O) groups is 1. The van der Waals surface area contributed by atoms with Crippen LogP contribution >= 0.6 is 0 Å². The third kappa shape index (κ3) is 3.47. The predicted molar refractivity (Wildman–Crippen MR) is 81.1 cm³/mol. The molecule has 2 aromatic heterocycles. The Morgan fingerprint density at radius 3 is 2.67 bits per heavy atom. The van der Waals surface area contributed by atoms with Crippen LogP contribution in [0.3, 0.4) is 0 Å². The maximum absolute atomic E-state index is 11.9. The Morgan fingerprint density at radius 2 is 2.14 bits per heavy atom. The standard InChI is InChI=1S/C15H18N4O2/c1-10-13(11(2)19(3)18-10)6-7-14(20)17-12-5-8-15(21-4)16-9-12/h5-9H,1-4H3,(H,17,20). The number of aromatic nitrogens is 3. The summed E-state index contributed by atoms with van der Waals surface area (Å²) in [5.41, 5.74) is 3.48. The summed E-state index contributed by atoms with van der Waals surface area (Å²) in [5, 5.41) is 7.04. The van der Waals surface area contributed by atoms with Crippen LogP contribution in [0.25, 0.3) is 6.08 Å². The molecule has 6 heteroatoms. The van der Waals surface area contributed by atoms with E-state index in [0.29, 0.717) is 11.6 Å². The summed E-state index contributed by atoms with van der Waals surface area (Å²) in [6.07, 6.45) is 4.80. The monoisotopic (exact) mass is 286 g/mol. The molecule has 0 aromatic carbocycles. The van der Waals surface area contributed by atoms with Gasteiger partial charge < -0.3 is 10.1 Å². The lowest BCUT2D eigenvalue weighted by molar-refractivity contribution is -0.111. The van der Waals surface area contributed by atoms with E-state index in [9.17, 15) is 4.79 Å². The fourth-order valence-corrected chi connectivity index (χ4v) is 1.95. The Bertz CT molecular complexity index is 672. The van der Waals surface area contributed by atoms with Crippen LogP contribution in [0.5, 0.6) is 5.88 Å². The van der Waals surface area contributed by atoms with E-state index in [1.54, 1.807) is 36.2 Å². The summed E-state index contributed by atoms with van der Waals surface area (Å²) in [7, 11) is 3.42. The molecule has 2 heterocycles. The van der Waals surface area contributed by atoms with Crippen molar-refractivity contribution in [2.45, 2.75) is 13.8 Å². The zero-order chi connectivity index (χ0) is 15.4. The number of aryl methyl sites for hydroxylation is 2. The number of pyridine rings is 1. The number of rotatable bonds is 4. The fraction of sp³-hybridized carbons (Fsp3) is 0.267. The lowest BCUT2D eigenvalue weighted by Crippen LogP contribution is -2.08. The molecular weight excluding hydrogens is 268 g/mol. The number of nitrogens with one attached hydrogen (secondary N) is 1. The summed E-state index contributed by atoms with van der Waals surface area (Å²) in [6.45, 7) is 3.88. The van der Waals surface area contributed by atoms with Gasteiger partial charge in [-0.25, -0.2) is 4.98 Å². The summed E-state index contributed by atoms with van der Waals surface area (Å²) in [6, 6.07) is 3.42. The Balaban J connectivity index is 2.05. The van der Waals surface area contributed by atoms with E-state index in [1.165, 1.54) is 6.08 Å². The quantitative estimate of drug-likeness (QED) is 0.874. The topological polar surface area (TPSA) is 69.0 Å². The number of anilines is 1. The highest BCUT2D eigenvalue weighted by molar-refractivity contribution is 6.01. The molecule has 1 N–H and O–H groups in total. The molecule has 0 fully saturated rings. The first-order chi connectivity index (χ1) is 10.0. The number of ether oxygens (including phenoxy) is 1. The van der Waals surface area contributed by atoms with Crippen molar-refractivity contribution in [2.24, 2.45) is 7.05 Å². The highest BCUT2D eigenvalue weighted by Gasteiger charge is 2.06. The molecule has 0 saturated heterocycles. The van der Waals surface area contributed by atoms with E-state index in [4.69, 9.17) is 4.74 Å². The van der Waals surface area contributed by atoms with Crippen molar-refractivity contribution in [3.05, 3.63) is 41.4 Å². The molecule has 2 rings (SSSR count). The van der Waals surface area contributed by atoms with Crippen molar-refractivity contribution in [3.63, 3.8) is 0 Å². The van der Waals surface area contributed by atoms with E-state index in [1.807, 2.05) is 20.9 Å². The molecule has 0 unspecified atom stereocenters. The number of methoxy groups -OCH3 is 1. The van der Waals surface area contributed by atoms with Gasteiger partial charge in [0.25, 0.3) is 0 Å². The van der Waals surface area contributed by atoms with Crippen LogP contribution < -0.4 is 10.1 Å². The maximum Gasteiger partial charge on any atom is 0.248 e. The Kier molecular flexibility index (Phi) is 4.37. The summed E-state index contributed by atoms with van der Waals surface area (Å²) >= 11 is 0. The zero-order valence-corrected chi connectivity index (χ0v) is 12.5. The van der Waals surface area contributed by atoms with Crippen molar-refractivity contribution in [1.82, 2.24) is 14.8 Å². The molecule has 0 saturated carbocycles. The summed E-state index contributed by atoms with van der Waals surface area (Å²) in [5.74, 6) is 0.287. The highest BCUT2D eigenvalue weighted by Crippen LogP contribution is 2.14. The van der Waals surface area contributed by atoms with E-state index >= 15 is 0 Å². The number of hydrogen-bond donors (Lipinski definition) is 1. The minimum Gasteiger partial charge on any atom is -0.481 e. The van der Waals surface area contributed by atoms with Gasteiger partial charge >= 0.3 is 0 Å². The number of nitrogens with zero attached hydrogens (tertiary/aromatic N) is 3. The average Bonchev–Trinajstić information content (AvgIpc) is 2.71. The van der Waals surface area contributed by atoms with Crippen molar-refractivity contribution in [2.75, 3.05) is 12.4 Å². The van der Waals surface area contributed by atoms with Gasteiger partial charge in [0.15, 0.2) is 0 Å². The molecular formula is C15H18N4O2. The van der Waals surface area contributed by atoms with Gasteiger partial charge in [0.05, 0.1) is 24.7 Å². The van der Waals surface area contributed by atoms with Gasteiger partial charge in [-0.1, -0.05) is 0 Å². The second-order valence-electron chi connectivity index (χ2n) is 4.62. The second kappa shape index (κ2) is 6.21. The van der Waals surface area contributed by atoms with Gasteiger partial charge in [-0.2, -0.15) is 5.10 Å². The van der Waals surface area contributed by atoms with Crippen LogP contribution in [0.1, 0.15) is 17.0 Å². The molecule has 0 bridgehead atoms. The summed E-state index contributed by atoms with van der Waals surface area (Å²) < 4.78 is 6.75. The smallest absolute Gasteiger partial charge is 0.248 e. The van der Waals surface area contributed by atoms with Crippen molar-refractivity contribution in [3.8, 4) is 5.88 Å². The van der Waals surface area contributed by atoms with Crippen molar-refractivity contribution in [1.29, 1.82) is 0 Å². The minimum absolute atomic E-state index is 0.218. The van der Waals surface area contributed by atoms with E-state index in [-0.39, 0.29) is 5.91 Å². The Labute approximate surface area is 123 Å². The van der Waals surface area contributed by atoms with Crippen LogP contribution in [0, 0.1) is 13.8 Å². The van der Waals surface area contributed by atoms with Gasteiger partial charge in [-0.15, -0.1) is 0 Å². The number of hydrogen-bond acceptors (Lipinski definition) is 4. The second-order valence-corrected chi connectivity index (χ2v) is 4.62. The van der Waals surface area contributed by atoms with Crippen molar-refractivity contribution >= 4 is 17.7 Å². The Hall–Kier alpha value is -2.63. The molecule has 0 aliphatic rings. The van der Waals surface area contributed by atoms with Gasteiger partial charge in [0.1, 0.15) is 0 Å². The largest absolute Gasteiger partial charge is 0.481 e. The molecule has 1 amide bonds. The molecule has 110 valence electrons. The molecule has 0 aliphatic heterocycles. The molecule has 21 heavy (non-hydrogen) atoms. The van der Waals surface area contributed by atoms with Gasteiger partial charge in [0, 0.05) is 30.4 Å². The lowest BCUT2D eigenvalue weighted by atomic mass is 10.2. The van der Waals surface area contributed by atoms with Crippen LogP contribution in [0.4, 0.5) is 5.69 Å². The van der Waals surface area contributed by atoms with Gasteiger partial charge in [-0.05, 0) is 26.0 Å². The van der Waals surface area contributed by atoms with Gasteiger partial charge in [-0.3, -0.25) is 9.48 Å². The first kappa shape index (κ1) is 14.8. The fourth-order valence-electron chi connectivity index (χ4n) is 1.95. The third-order valence-corrected chi connectivity index (χ3v) is 3.18. The first-order valence-corrected chi connectivity index (χ1v) is 6.50. The predicted octanol–water partition coefficient (Wildman–Crippen LogP) is 2.09.